The van der Waals surface area contributed by atoms with E-state index in [1.54, 1.807) is 4.57 Å². The van der Waals surface area contributed by atoms with Crippen LogP contribution >= 0.6 is 0 Å². The predicted molar refractivity (Wildman–Crippen MR) is 53.6 cm³/mol. The number of nitrogens with one attached hydrogen (secondary N) is 2. The first kappa shape index (κ1) is 9.62. The molecule has 0 radical (unpaired) electrons. The van der Waals surface area contributed by atoms with Crippen LogP contribution in [0.4, 0.5) is 5.82 Å². The highest BCUT2D eigenvalue weighted by atomic mass is 16.2. The summed E-state index contributed by atoms with van der Waals surface area (Å²) in [6.45, 7) is 0.0897. The number of rotatable bonds is 2. The van der Waals surface area contributed by atoms with Crippen LogP contribution in [0.2, 0.25) is 0 Å². The molecule has 0 aromatic carbocycles. The summed E-state index contributed by atoms with van der Waals surface area (Å²) < 4.78 is 1.61. The summed E-state index contributed by atoms with van der Waals surface area (Å²) in [4.78, 5) is 19.1. The van der Waals surface area contributed by atoms with Crippen molar-refractivity contribution in [2.45, 2.75) is 12.7 Å². The lowest BCUT2D eigenvalue weighted by Crippen LogP contribution is -2.33. The molecule has 0 bridgehead atoms. The smallest absolute Gasteiger partial charge is 0.253 e. The number of imidazole rings is 1. The van der Waals surface area contributed by atoms with E-state index in [1.165, 1.54) is 12.7 Å². The number of hydrazine groups is 1. The van der Waals surface area contributed by atoms with Crippen LogP contribution in [0.1, 0.15) is 11.9 Å². The van der Waals surface area contributed by atoms with Gasteiger partial charge in [-0.05, 0) is 0 Å². The molecule has 0 saturated heterocycles. The number of aliphatic imine (C=N–C) groups is 1. The summed E-state index contributed by atoms with van der Waals surface area (Å²) in [7, 11) is 0. The molecule has 0 spiro atoms. The number of hydrogen-bond acceptors (Lipinski definition) is 6. The van der Waals surface area contributed by atoms with Crippen LogP contribution in [0.25, 0.3) is 0 Å². The molecule has 0 saturated carbocycles. The largest absolute Gasteiger partial charge is 0.331 e. The van der Waals surface area contributed by atoms with E-state index in [9.17, 15) is 4.79 Å². The van der Waals surface area contributed by atoms with Crippen LogP contribution < -0.4 is 22.3 Å². The molecule has 1 atom stereocenters. The highest BCUT2D eigenvalue weighted by molar-refractivity contribution is 5.80. The number of anilines is 1. The Balaban J connectivity index is 2.25. The number of amides is 1. The van der Waals surface area contributed by atoms with Crippen molar-refractivity contribution >= 4 is 18.1 Å². The second-order valence-corrected chi connectivity index (χ2v) is 3.04. The van der Waals surface area contributed by atoms with Gasteiger partial charge in [-0.3, -0.25) is 15.2 Å². The number of aromatic nitrogens is 2. The standard InChI is InChI=1S/C7H11N7O/c8-6-5-7(11-2-10-6)14(3-12-5)1-4(15)13-9/h2-3,6H,1,8-9H2,(H,10,11)(H,13,15). The van der Waals surface area contributed by atoms with Crippen LogP contribution in [0.5, 0.6) is 0 Å². The second-order valence-electron chi connectivity index (χ2n) is 3.04. The molecule has 0 fully saturated rings. The highest BCUT2D eigenvalue weighted by Gasteiger charge is 2.19. The molecule has 1 aliphatic rings. The highest BCUT2D eigenvalue weighted by Crippen LogP contribution is 2.23. The quantitative estimate of drug-likeness (QED) is 0.262. The van der Waals surface area contributed by atoms with Crippen LogP contribution in [0.15, 0.2) is 11.3 Å². The molecule has 6 N–H and O–H groups in total. The lowest BCUT2D eigenvalue weighted by molar-refractivity contribution is -0.121. The first-order valence-corrected chi connectivity index (χ1v) is 4.30. The summed E-state index contributed by atoms with van der Waals surface area (Å²) in [5, 5.41) is 2.88. The number of hydrogen-bond donors (Lipinski definition) is 4. The molecule has 1 unspecified atom stereocenters. The zero-order valence-corrected chi connectivity index (χ0v) is 7.84. The van der Waals surface area contributed by atoms with Crippen molar-refractivity contribution in [3.05, 3.63) is 12.0 Å². The van der Waals surface area contributed by atoms with Crippen LogP contribution in [0, 0.1) is 0 Å². The number of carbonyl (C=O) groups excluding carboxylic acids is 1. The van der Waals surface area contributed by atoms with Crippen LogP contribution in [0.3, 0.4) is 0 Å². The maximum atomic E-state index is 11.1. The van der Waals surface area contributed by atoms with Gasteiger partial charge in [-0.1, -0.05) is 0 Å². The predicted octanol–water partition coefficient (Wildman–Crippen LogP) is -1.72. The summed E-state index contributed by atoms with van der Waals surface area (Å²) >= 11 is 0. The number of fused-ring (bicyclic) bond motifs is 1. The minimum absolute atomic E-state index is 0.0897. The number of nitrogens with two attached hydrogens (primary N) is 2. The van der Waals surface area contributed by atoms with Crippen molar-refractivity contribution in [2.75, 3.05) is 5.32 Å². The van der Waals surface area contributed by atoms with Gasteiger partial charge in [0.15, 0.2) is 0 Å². The van der Waals surface area contributed by atoms with Crippen molar-refractivity contribution < 1.29 is 4.79 Å². The molecule has 1 amide bonds. The lowest BCUT2D eigenvalue weighted by atomic mass is 10.3. The molecule has 2 rings (SSSR count). The SMILES string of the molecule is NNC(=O)Cn1cnc2c1NC=NC2N. The van der Waals surface area contributed by atoms with Gasteiger partial charge in [-0.25, -0.2) is 10.8 Å². The Labute approximate surface area is 85.3 Å². The first-order valence-electron chi connectivity index (χ1n) is 4.30. The fourth-order valence-electron chi connectivity index (χ4n) is 1.34. The fourth-order valence-corrected chi connectivity index (χ4v) is 1.34. The minimum Gasteiger partial charge on any atom is -0.331 e. The summed E-state index contributed by atoms with van der Waals surface area (Å²) in [5.74, 6) is 5.34. The summed E-state index contributed by atoms with van der Waals surface area (Å²) in [5.41, 5.74) is 8.34. The van der Waals surface area contributed by atoms with Gasteiger partial charge in [0.05, 0.1) is 12.7 Å². The maximum Gasteiger partial charge on any atom is 0.253 e. The van der Waals surface area contributed by atoms with Crippen molar-refractivity contribution in [1.82, 2.24) is 15.0 Å². The Hall–Kier alpha value is -1.93. The van der Waals surface area contributed by atoms with E-state index in [2.05, 4.69) is 15.3 Å². The number of nitrogens with zero attached hydrogens (tertiary/aromatic N) is 3. The second kappa shape index (κ2) is 3.67. The van der Waals surface area contributed by atoms with Crippen molar-refractivity contribution in [2.24, 2.45) is 16.6 Å². The normalized spacial score (nSPS) is 18.1. The van der Waals surface area contributed by atoms with E-state index in [0.29, 0.717) is 11.5 Å². The molecule has 1 aliphatic heterocycles. The molecule has 0 aliphatic carbocycles. The maximum absolute atomic E-state index is 11.1. The molecule has 15 heavy (non-hydrogen) atoms. The van der Waals surface area contributed by atoms with E-state index in [-0.39, 0.29) is 12.5 Å². The van der Waals surface area contributed by atoms with E-state index < -0.39 is 6.17 Å². The van der Waals surface area contributed by atoms with Gasteiger partial charge in [-0.2, -0.15) is 0 Å². The van der Waals surface area contributed by atoms with Gasteiger partial charge in [0.1, 0.15) is 24.2 Å². The Bertz CT molecular complexity index is 409. The molecular formula is C7H11N7O. The van der Waals surface area contributed by atoms with Crippen LogP contribution in [-0.4, -0.2) is 21.8 Å². The third-order valence-electron chi connectivity index (χ3n) is 2.06. The van der Waals surface area contributed by atoms with E-state index in [4.69, 9.17) is 11.6 Å². The Morgan fingerprint density at radius 2 is 2.53 bits per heavy atom. The monoisotopic (exact) mass is 209 g/mol. The van der Waals surface area contributed by atoms with Gasteiger partial charge in [0.2, 0.25) is 0 Å². The van der Waals surface area contributed by atoms with E-state index >= 15 is 0 Å². The Kier molecular flexibility index (Phi) is 2.35. The Morgan fingerprint density at radius 1 is 1.73 bits per heavy atom. The molecule has 1 aromatic heterocycles. The topological polar surface area (TPSA) is 123 Å². The molecule has 80 valence electrons. The van der Waals surface area contributed by atoms with Gasteiger partial charge < -0.3 is 15.6 Å². The number of carbonyl (C=O) groups is 1. The molecular weight excluding hydrogens is 198 g/mol. The van der Waals surface area contributed by atoms with E-state index in [0.717, 1.165) is 0 Å². The summed E-state index contributed by atoms with van der Waals surface area (Å²) in [6, 6.07) is 0. The van der Waals surface area contributed by atoms with Crippen molar-refractivity contribution in [3.8, 4) is 0 Å². The fraction of sp³-hybridized carbons (Fsp3) is 0.286. The average molecular weight is 209 g/mol. The van der Waals surface area contributed by atoms with Crippen LogP contribution in [-0.2, 0) is 11.3 Å². The third-order valence-corrected chi connectivity index (χ3v) is 2.06. The molecule has 8 heteroatoms. The van der Waals surface area contributed by atoms with Crippen molar-refractivity contribution in [1.29, 1.82) is 0 Å². The zero-order valence-electron chi connectivity index (χ0n) is 7.84. The zero-order chi connectivity index (χ0) is 10.8. The van der Waals surface area contributed by atoms with Gasteiger partial charge in [0, 0.05) is 0 Å². The molecule has 8 nitrogen and oxygen atoms in total. The average Bonchev–Trinajstić information content (AvgIpc) is 2.63. The third kappa shape index (κ3) is 1.67. The minimum atomic E-state index is -0.483. The van der Waals surface area contributed by atoms with Gasteiger partial charge in [0.25, 0.3) is 5.91 Å². The molecule has 1 aromatic rings. The van der Waals surface area contributed by atoms with Gasteiger partial charge in [-0.15, -0.1) is 0 Å². The first-order chi connectivity index (χ1) is 7.22. The Morgan fingerprint density at radius 3 is 3.27 bits per heavy atom. The van der Waals surface area contributed by atoms with Gasteiger partial charge >= 0.3 is 0 Å². The summed E-state index contributed by atoms with van der Waals surface area (Å²) in [6.07, 6.45) is 2.51. The van der Waals surface area contributed by atoms with E-state index in [1.807, 2.05) is 5.43 Å². The molecule has 2 heterocycles. The van der Waals surface area contributed by atoms with Crippen molar-refractivity contribution in [3.63, 3.8) is 0 Å². The lowest BCUT2D eigenvalue weighted by Gasteiger charge is -2.14.